The van der Waals surface area contributed by atoms with Crippen molar-refractivity contribution < 1.29 is 4.79 Å². The number of nitrogens with one attached hydrogen (secondary N) is 1. The third kappa shape index (κ3) is 4.68. The molecule has 1 saturated carbocycles. The second-order valence-electron chi connectivity index (χ2n) is 6.49. The number of amides is 1. The number of carbonyl (C=O) groups is 1. The lowest BCUT2D eigenvalue weighted by molar-refractivity contribution is -0.118. The minimum Gasteiger partial charge on any atom is -0.313 e. The van der Waals surface area contributed by atoms with Crippen LogP contribution in [0.15, 0.2) is 60.7 Å². The summed E-state index contributed by atoms with van der Waals surface area (Å²) in [5.74, 6) is 0.176. The van der Waals surface area contributed by atoms with E-state index in [1.807, 2.05) is 53.4 Å². The Morgan fingerprint density at radius 2 is 1.58 bits per heavy atom. The summed E-state index contributed by atoms with van der Waals surface area (Å²) in [5.41, 5.74) is 2.12. The van der Waals surface area contributed by atoms with Crippen LogP contribution in [-0.2, 0) is 11.3 Å². The highest BCUT2D eigenvalue weighted by atomic mass is 16.2. The predicted molar refractivity (Wildman–Crippen MR) is 98.9 cm³/mol. The average Bonchev–Trinajstić information content (AvgIpc) is 3.15. The molecular formula is C21H26N2O. The van der Waals surface area contributed by atoms with Crippen LogP contribution in [0.1, 0.15) is 37.7 Å². The van der Waals surface area contributed by atoms with Gasteiger partial charge in [0, 0.05) is 24.7 Å². The number of rotatable bonds is 7. The quantitative estimate of drug-likeness (QED) is 0.831. The Bertz CT molecular complexity index is 621. The Labute approximate surface area is 144 Å². The molecule has 1 N–H and O–H groups in total. The lowest BCUT2D eigenvalue weighted by Crippen LogP contribution is -2.35. The molecule has 3 heteroatoms. The molecule has 1 aliphatic rings. The Balaban J connectivity index is 1.63. The van der Waals surface area contributed by atoms with Crippen LogP contribution < -0.4 is 10.2 Å². The molecule has 0 atom stereocenters. The number of carbonyl (C=O) groups excluding carboxylic acids is 1. The fourth-order valence-corrected chi connectivity index (χ4v) is 3.35. The summed E-state index contributed by atoms with van der Waals surface area (Å²) >= 11 is 0. The molecule has 2 aromatic carbocycles. The lowest BCUT2D eigenvalue weighted by atomic mass is 10.1. The minimum absolute atomic E-state index is 0.176. The van der Waals surface area contributed by atoms with E-state index in [1.165, 1.54) is 25.7 Å². The van der Waals surface area contributed by atoms with Gasteiger partial charge >= 0.3 is 0 Å². The van der Waals surface area contributed by atoms with E-state index in [0.717, 1.165) is 17.8 Å². The van der Waals surface area contributed by atoms with Gasteiger partial charge in [-0.1, -0.05) is 61.4 Å². The maximum absolute atomic E-state index is 12.8. The summed E-state index contributed by atoms with van der Waals surface area (Å²) in [6.07, 6.45) is 5.67. The molecular weight excluding hydrogens is 296 g/mol. The van der Waals surface area contributed by atoms with Crippen molar-refractivity contribution in [3.63, 3.8) is 0 Å². The normalized spacial score (nSPS) is 14.7. The standard InChI is InChI=1S/C21H26N2O/c24-21(15-16-22-19-11-7-8-12-19)23(20-13-5-2-6-14-20)17-18-9-3-1-4-10-18/h1-6,9-10,13-14,19,22H,7-8,11-12,15-17H2. The van der Waals surface area contributed by atoms with Crippen molar-refractivity contribution in [2.24, 2.45) is 0 Å². The molecule has 0 bridgehead atoms. The summed E-state index contributed by atoms with van der Waals surface area (Å²) < 4.78 is 0. The minimum atomic E-state index is 0.176. The predicted octanol–water partition coefficient (Wildman–Crippen LogP) is 4.14. The first-order valence-electron chi connectivity index (χ1n) is 8.95. The second-order valence-corrected chi connectivity index (χ2v) is 6.49. The maximum Gasteiger partial charge on any atom is 0.228 e. The SMILES string of the molecule is O=C(CCNC1CCCC1)N(Cc1ccccc1)c1ccccc1. The van der Waals surface area contributed by atoms with Gasteiger partial charge in [-0.3, -0.25) is 4.79 Å². The number of para-hydroxylation sites is 1. The van der Waals surface area contributed by atoms with Crippen LogP contribution >= 0.6 is 0 Å². The molecule has 0 unspecified atom stereocenters. The van der Waals surface area contributed by atoms with Crippen LogP contribution in [0.2, 0.25) is 0 Å². The van der Waals surface area contributed by atoms with E-state index < -0.39 is 0 Å². The third-order valence-electron chi connectivity index (χ3n) is 4.68. The van der Waals surface area contributed by atoms with E-state index in [9.17, 15) is 4.79 Å². The summed E-state index contributed by atoms with van der Waals surface area (Å²) in [4.78, 5) is 14.7. The molecule has 0 aromatic heterocycles. The molecule has 0 aliphatic heterocycles. The topological polar surface area (TPSA) is 32.3 Å². The van der Waals surface area contributed by atoms with Gasteiger partial charge in [-0.2, -0.15) is 0 Å². The highest BCUT2D eigenvalue weighted by Crippen LogP contribution is 2.19. The molecule has 0 radical (unpaired) electrons. The average molecular weight is 322 g/mol. The van der Waals surface area contributed by atoms with Crippen LogP contribution in [0, 0.1) is 0 Å². The van der Waals surface area contributed by atoms with E-state index in [2.05, 4.69) is 17.4 Å². The molecule has 1 fully saturated rings. The van der Waals surface area contributed by atoms with Gasteiger partial charge in [0.05, 0.1) is 6.54 Å². The van der Waals surface area contributed by atoms with Crippen LogP contribution in [0.4, 0.5) is 5.69 Å². The molecule has 0 saturated heterocycles. The molecule has 1 amide bonds. The number of anilines is 1. The Hall–Kier alpha value is -2.13. The van der Waals surface area contributed by atoms with Gasteiger partial charge in [0.2, 0.25) is 5.91 Å². The number of nitrogens with zero attached hydrogens (tertiary/aromatic N) is 1. The van der Waals surface area contributed by atoms with Crippen LogP contribution in [0.3, 0.4) is 0 Å². The van der Waals surface area contributed by atoms with Crippen molar-refractivity contribution in [2.75, 3.05) is 11.4 Å². The van der Waals surface area contributed by atoms with Crippen LogP contribution in [-0.4, -0.2) is 18.5 Å². The molecule has 24 heavy (non-hydrogen) atoms. The van der Waals surface area contributed by atoms with Gasteiger partial charge in [-0.15, -0.1) is 0 Å². The van der Waals surface area contributed by atoms with E-state index in [1.54, 1.807) is 0 Å². The molecule has 126 valence electrons. The van der Waals surface area contributed by atoms with Gasteiger partial charge in [-0.05, 0) is 30.5 Å². The van der Waals surface area contributed by atoms with Gasteiger partial charge in [0.15, 0.2) is 0 Å². The van der Waals surface area contributed by atoms with Crippen molar-refractivity contribution >= 4 is 11.6 Å². The zero-order valence-electron chi connectivity index (χ0n) is 14.2. The number of hydrogen-bond donors (Lipinski definition) is 1. The molecule has 0 heterocycles. The monoisotopic (exact) mass is 322 g/mol. The summed E-state index contributed by atoms with van der Waals surface area (Å²) in [7, 11) is 0. The Morgan fingerprint density at radius 3 is 2.25 bits per heavy atom. The van der Waals surface area contributed by atoms with Crippen molar-refractivity contribution in [3.8, 4) is 0 Å². The van der Waals surface area contributed by atoms with E-state index in [-0.39, 0.29) is 5.91 Å². The van der Waals surface area contributed by atoms with Crippen molar-refractivity contribution in [3.05, 3.63) is 66.2 Å². The Morgan fingerprint density at radius 1 is 0.958 bits per heavy atom. The number of hydrogen-bond acceptors (Lipinski definition) is 2. The van der Waals surface area contributed by atoms with Crippen molar-refractivity contribution in [1.29, 1.82) is 0 Å². The van der Waals surface area contributed by atoms with E-state index in [0.29, 0.717) is 19.0 Å². The van der Waals surface area contributed by atoms with E-state index in [4.69, 9.17) is 0 Å². The molecule has 1 aliphatic carbocycles. The molecule has 0 spiro atoms. The summed E-state index contributed by atoms with van der Waals surface area (Å²) in [5, 5.41) is 3.54. The second kappa shape index (κ2) is 8.65. The largest absolute Gasteiger partial charge is 0.313 e. The highest BCUT2D eigenvalue weighted by molar-refractivity contribution is 5.93. The first-order chi connectivity index (χ1) is 11.8. The van der Waals surface area contributed by atoms with Crippen LogP contribution in [0.25, 0.3) is 0 Å². The third-order valence-corrected chi connectivity index (χ3v) is 4.68. The van der Waals surface area contributed by atoms with Gasteiger partial charge < -0.3 is 10.2 Å². The Kier molecular flexibility index (Phi) is 6.02. The molecule has 3 nitrogen and oxygen atoms in total. The van der Waals surface area contributed by atoms with Crippen molar-refractivity contribution in [2.45, 2.75) is 44.7 Å². The van der Waals surface area contributed by atoms with Crippen LogP contribution in [0.5, 0.6) is 0 Å². The van der Waals surface area contributed by atoms with Crippen molar-refractivity contribution in [1.82, 2.24) is 5.32 Å². The zero-order valence-corrected chi connectivity index (χ0v) is 14.2. The number of benzene rings is 2. The van der Waals surface area contributed by atoms with Gasteiger partial charge in [0.25, 0.3) is 0 Å². The fourth-order valence-electron chi connectivity index (χ4n) is 3.35. The summed E-state index contributed by atoms with van der Waals surface area (Å²) in [6.45, 7) is 1.38. The maximum atomic E-state index is 12.8. The first kappa shape index (κ1) is 16.7. The lowest BCUT2D eigenvalue weighted by Gasteiger charge is -2.23. The zero-order chi connectivity index (χ0) is 16.6. The van der Waals surface area contributed by atoms with Gasteiger partial charge in [0.1, 0.15) is 0 Å². The molecule has 3 rings (SSSR count). The smallest absolute Gasteiger partial charge is 0.228 e. The van der Waals surface area contributed by atoms with E-state index >= 15 is 0 Å². The summed E-state index contributed by atoms with van der Waals surface area (Å²) in [6, 6.07) is 20.7. The van der Waals surface area contributed by atoms with Gasteiger partial charge in [-0.25, -0.2) is 0 Å². The first-order valence-corrected chi connectivity index (χ1v) is 8.95. The highest BCUT2D eigenvalue weighted by Gasteiger charge is 2.18. The molecule has 2 aromatic rings. The fraction of sp³-hybridized carbons (Fsp3) is 0.381.